The number of amides is 2. The number of nitrogens with one attached hydrogen (secondary N) is 2. The zero-order valence-electron chi connectivity index (χ0n) is 18.0. The maximum Gasteiger partial charge on any atom is 0.392 e. The number of carbonyl (C=O) groups is 2. The van der Waals surface area contributed by atoms with Gasteiger partial charge in [0.2, 0.25) is 0 Å². The van der Waals surface area contributed by atoms with E-state index in [2.05, 4.69) is 0 Å². The van der Waals surface area contributed by atoms with Crippen molar-refractivity contribution < 1.29 is 54.2 Å². The smallest absolute Gasteiger partial charge is 0.379 e. The monoisotopic (exact) mass is 514 g/mol. The van der Waals surface area contributed by atoms with Crippen LogP contribution in [0.25, 0.3) is 0 Å². The second kappa shape index (κ2) is 11.3. The van der Waals surface area contributed by atoms with Gasteiger partial charge in [-0.05, 0) is 0 Å². The molecule has 0 radical (unpaired) electrons. The Balaban J connectivity index is 1.98. The lowest BCUT2D eigenvalue weighted by Gasteiger charge is -2.35. The molecule has 0 saturated carbocycles. The van der Waals surface area contributed by atoms with E-state index in [1.165, 1.54) is 10.6 Å². The summed E-state index contributed by atoms with van der Waals surface area (Å²) in [5, 5.41) is 2.71. The standard InChI is InChI=1S/C18H26F8N4O4/c19-15(20,13(31)27-1-3-29-5-9-33-10-6-29)17(23,24)18(25,26)16(21,22)14(32)28-2-4-30-7-11-34-12-8-30/h1-12H2,(H,27,31)(H,28,32). The maximum absolute atomic E-state index is 14.0. The van der Waals surface area contributed by atoms with E-state index in [0.29, 0.717) is 52.6 Å². The molecule has 34 heavy (non-hydrogen) atoms. The SMILES string of the molecule is O=C(NCCN1CCOCC1)C(F)(F)C(F)(F)C(F)(F)C(F)(F)C(=O)NCCN1CCOCC1. The van der Waals surface area contributed by atoms with Crippen molar-refractivity contribution in [2.45, 2.75) is 23.7 Å². The molecule has 0 unspecified atom stereocenters. The molecule has 0 spiro atoms. The lowest BCUT2D eigenvalue weighted by Crippen LogP contribution is -2.69. The molecule has 0 aliphatic carbocycles. The van der Waals surface area contributed by atoms with Gasteiger partial charge in [-0.1, -0.05) is 0 Å². The van der Waals surface area contributed by atoms with E-state index in [1.54, 1.807) is 9.80 Å². The molecule has 198 valence electrons. The molecule has 0 atom stereocenters. The van der Waals surface area contributed by atoms with E-state index >= 15 is 0 Å². The second-order valence-corrected chi connectivity index (χ2v) is 7.72. The van der Waals surface area contributed by atoms with Crippen LogP contribution in [0.1, 0.15) is 0 Å². The first-order chi connectivity index (χ1) is 15.7. The summed E-state index contributed by atoms with van der Waals surface area (Å²) in [4.78, 5) is 26.4. The van der Waals surface area contributed by atoms with E-state index in [9.17, 15) is 44.7 Å². The molecule has 2 N–H and O–H groups in total. The highest BCUT2D eigenvalue weighted by molar-refractivity contribution is 5.87. The van der Waals surface area contributed by atoms with Crippen molar-refractivity contribution in [1.82, 2.24) is 20.4 Å². The largest absolute Gasteiger partial charge is 0.392 e. The highest BCUT2D eigenvalue weighted by Crippen LogP contribution is 2.52. The molecule has 2 fully saturated rings. The molecule has 0 aromatic rings. The Kier molecular flexibility index (Phi) is 9.46. The third-order valence-electron chi connectivity index (χ3n) is 5.39. The van der Waals surface area contributed by atoms with Gasteiger partial charge in [0.05, 0.1) is 26.4 Å². The first kappa shape index (κ1) is 28.5. The highest BCUT2D eigenvalue weighted by atomic mass is 19.4. The van der Waals surface area contributed by atoms with E-state index in [1.807, 2.05) is 0 Å². The molecule has 2 aliphatic rings. The van der Waals surface area contributed by atoms with Gasteiger partial charge >= 0.3 is 23.7 Å². The number of rotatable bonds is 11. The summed E-state index contributed by atoms with van der Waals surface area (Å²) in [6.07, 6.45) is 0. The third kappa shape index (κ3) is 6.07. The van der Waals surface area contributed by atoms with Crippen LogP contribution < -0.4 is 10.6 Å². The number of hydrogen-bond donors (Lipinski definition) is 2. The lowest BCUT2D eigenvalue weighted by atomic mass is 9.97. The van der Waals surface area contributed by atoms with Crippen LogP contribution in [-0.4, -0.2) is 124 Å². The Labute approximate surface area is 189 Å². The molecule has 2 rings (SSSR count). The van der Waals surface area contributed by atoms with Crippen LogP contribution in [0.4, 0.5) is 35.1 Å². The van der Waals surface area contributed by atoms with Crippen molar-refractivity contribution >= 4 is 11.8 Å². The van der Waals surface area contributed by atoms with Crippen molar-refractivity contribution in [2.75, 3.05) is 78.8 Å². The van der Waals surface area contributed by atoms with Gasteiger partial charge in [-0.3, -0.25) is 19.4 Å². The number of ether oxygens (including phenoxy) is 2. The second-order valence-electron chi connectivity index (χ2n) is 7.72. The number of carbonyl (C=O) groups excluding carboxylic acids is 2. The summed E-state index contributed by atoms with van der Waals surface area (Å²) in [7, 11) is 0. The van der Waals surface area contributed by atoms with E-state index in [4.69, 9.17) is 9.47 Å². The van der Waals surface area contributed by atoms with Gasteiger partial charge in [-0.2, -0.15) is 35.1 Å². The molecule has 8 nitrogen and oxygen atoms in total. The van der Waals surface area contributed by atoms with E-state index < -0.39 is 48.6 Å². The number of morpholine rings is 2. The van der Waals surface area contributed by atoms with Gasteiger partial charge in [-0.25, -0.2) is 0 Å². The Morgan fingerprint density at radius 2 is 0.912 bits per heavy atom. The summed E-state index contributed by atoms with van der Waals surface area (Å²) in [6.45, 7) is 1.19. The molecular formula is C18H26F8N4O4. The fraction of sp³-hybridized carbons (Fsp3) is 0.889. The third-order valence-corrected chi connectivity index (χ3v) is 5.39. The Morgan fingerprint density at radius 3 is 1.21 bits per heavy atom. The minimum Gasteiger partial charge on any atom is -0.379 e. The van der Waals surface area contributed by atoms with Crippen molar-refractivity contribution in [3.8, 4) is 0 Å². The molecule has 0 bridgehead atoms. The van der Waals surface area contributed by atoms with Gasteiger partial charge in [0.25, 0.3) is 11.8 Å². The highest BCUT2D eigenvalue weighted by Gasteiger charge is 2.84. The number of halogens is 8. The van der Waals surface area contributed by atoms with E-state index in [0.717, 1.165) is 0 Å². The molecule has 0 aromatic carbocycles. The lowest BCUT2D eigenvalue weighted by molar-refractivity contribution is -0.347. The first-order valence-electron chi connectivity index (χ1n) is 10.4. The van der Waals surface area contributed by atoms with Crippen LogP contribution in [0, 0.1) is 0 Å². The first-order valence-corrected chi connectivity index (χ1v) is 10.4. The van der Waals surface area contributed by atoms with Crippen molar-refractivity contribution in [1.29, 1.82) is 0 Å². The molecular weight excluding hydrogens is 488 g/mol. The topological polar surface area (TPSA) is 83.1 Å². The summed E-state index contributed by atoms with van der Waals surface area (Å²) in [5.74, 6) is -32.0. The van der Waals surface area contributed by atoms with Gasteiger partial charge in [-0.15, -0.1) is 0 Å². The molecule has 2 aliphatic heterocycles. The summed E-state index contributed by atoms with van der Waals surface area (Å²) < 4.78 is 122. The minimum absolute atomic E-state index is 0.0884. The number of hydrogen-bond acceptors (Lipinski definition) is 6. The molecule has 0 aromatic heterocycles. The predicted molar refractivity (Wildman–Crippen MR) is 100 cm³/mol. The average Bonchev–Trinajstić information content (AvgIpc) is 2.79. The minimum atomic E-state index is -6.88. The van der Waals surface area contributed by atoms with Gasteiger partial charge < -0.3 is 20.1 Å². The normalized spacial score (nSPS) is 19.6. The van der Waals surface area contributed by atoms with Crippen molar-refractivity contribution in [3.63, 3.8) is 0 Å². The van der Waals surface area contributed by atoms with Crippen LogP contribution in [0.5, 0.6) is 0 Å². The molecule has 2 saturated heterocycles. The van der Waals surface area contributed by atoms with Crippen LogP contribution in [-0.2, 0) is 19.1 Å². The fourth-order valence-electron chi connectivity index (χ4n) is 3.21. The Hall–Kier alpha value is -1.78. The molecule has 2 heterocycles. The van der Waals surface area contributed by atoms with Crippen LogP contribution in [0.3, 0.4) is 0 Å². The Morgan fingerprint density at radius 1 is 0.618 bits per heavy atom. The summed E-state index contributed by atoms with van der Waals surface area (Å²) >= 11 is 0. The number of nitrogens with zero attached hydrogens (tertiary/aromatic N) is 2. The quantitative estimate of drug-likeness (QED) is 0.390. The zero-order valence-corrected chi connectivity index (χ0v) is 18.0. The van der Waals surface area contributed by atoms with Crippen LogP contribution in [0.2, 0.25) is 0 Å². The van der Waals surface area contributed by atoms with Crippen molar-refractivity contribution in [2.24, 2.45) is 0 Å². The van der Waals surface area contributed by atoms with Crippen LogP contribution >= 0.6 is 0 Å². The summed E-state index contributed by atoms with van der Waals surface area (Å²) in [6, 6.07) is 0. The molecule has 2 amide bonds. The van der Waals surface area contributed by atoms with Crippen LogP contribution in [0.15, 0.2) is 0 Å². The van der Waals surface area contributed by atoms with Crippen molar-refractivity contribution in [3.05, 3.63) is 0 Å². The maximum atomic E-state index is 14.0. The van der Waals surface area contributed by atoms with Gasteiger partial charge in [0.1, 0.15) is 0 Å². The summed E-state index contributed by atoms with van der Waals surface area (Å²) in [5.41, 5.74) is 0. The predicted octanol–water partition coefficient (Wildman–Crippen LogP) is 0.424. The van der Waals surface area contributed by atoms with E-state index in [-0.39, 0.29) is 13.1 Å². The zero-order chi connectivity index (χ0) is 25.6. The van der Waals surface area contributed by atoms with Gasteiger partial charge in [0.15, 0.2) is 0 Å². The fourth-order valence-corrected chi connectivity index (χ4v) is 3.21. The number of alkyl halides is 8. The Bertz CT molecular complexity index is 643. The molecule has 16 heteroatoms. The average molecular weight is 514 g/mol. The van der Waals surface area contributed by atoms with Gasteiger partial charge in [0, 0.05) is 52.4 Å².